The lowest BCUT2D eigenvalue weighted by Crippen LogP contribution is -2.30. The van der Waals surface area contributed by atoms with Crippen molar-refractivity contribution in [3.63, 3.8) is 0 Å². The standard InChI is InChI=1S/C22H27N3O2S/c1-13(20-14(2)28-15(3)23-20)25(4)22(26)17-10-11-18-19(12-17)27-21(24-18)16-8-6-5-7-9-16/h10-13,16H,5-9H2,1-4H3/t13-/m0/s1. The van der Waals surface area contributed by atoms with Gasteiger partial charge in [-0.3, -0.25) is 4.79 Å². The zero-order chi connectivity index (χ0) is 19.8. The maximum absolute atomic E-state index is 13.1. The minimum atomic E-state index is -0.0827. The lowest BCUT2D eigenvalue weighted by molar-refractivity contribution is 0.0740. The van der Waals surface area contributed by atoms with Crippen molar-refractivity contribution in [2.75, 3.05) is 7.05 Å². The van der Waals surface area contributed by atoms with Crippen molar-refractivity contribution in [3.8, 4) is 0 Å². The number of benzene rings is 1. The van der Waals surface area contributed by atoms with E-state index in [0.717, 1.165) is 39.8 Å². The Labute approximate surface area is 169 Å². The number of fused-ring (bicyclic) bond motifs is 1. The molecule has 0 spiro atoms. The molecule has 0 saturated heterocycles. The highest BCUT2D eigenvalue weighted by molar-refractivity contribution is 7.11. The van der Waals surface area contributed by atoms with E-state index in [1.165, 1.54) is 19.3 Å². The summed E-state index contributed by atoms with van der Waals surface area (Å²) in [6.45, 7) is 6.08. The maximum atomic E-state index is 13.1. The Balaban J connectivity index is 1.57. The summed E-state index contributed by atoms with van der Waals surface area (Å²) in [6, 6.07) is 5.50. The van der Waals surface area contributed by atoms with E-state index in [9.17, 15) is 4.79 Å². The largest absolute Gasteiger partial charge is 0.440 e. The summed E-state index contributed by atoms with van der Waals surface area (Å²) in [5.74, 6) is 1.21. The maximum Gasteiger partial charge on any atom is 0.254 e. The first kappa shape index (κ1) is 19.1. The number of aryl methyl sites for hydroxylation is 2. The SMILES string of the molecule is Cc1nc([C@H](C)N(C)C(=O)c2ccc3nc(C4CCCCC4)oc3c2)c(C)s1. The van der Waals surface area contributed by atoms with Crippen LogP contribution >= 0.6 is 11.3 Å². The van der Waals surface area contributed by atoms with Crippen LogP contribution in [0, 0.1) is 13.8 Å². The number of carbonyl (C=O) groups excluding carboxylic acids is 1. The molecule has 1 fully saturated rings. The molecule has 0 radical (unpaired) electrons. The van der Waals surface area contributed by atoms with Gasteiger partial charge >= 0.3 is 0 Å². The van der Waals surface area contributed by atoms with Crippen LogP contribution in [0.2, 0.25) is 0 Å². The minimum Gasteiger partial charge on any atom is -0.440 e. The summed E-state index contributed by atoms with van der Waals surface area (Å²) < 4.78 is 6.05. The molecule has 1 amide bonds. The number of rotatable bonds is 4. The van der Waals surface area contributed by atoms with E-state index in [2.05, 4.69) is 16.9 Å². The highest BCUT2D eigenvalue weighted by Gasteiger charge is 2.24. The number of aromatic nitrogens is 2. The van der Waals surface area contributed by atoms with Crippen LogP contribution < -0.4 is 0 Å². The van der Waals surface area contributed by atoms with E-state index in [1.807, 2.05) is 39.1 Å². The molecule has 1 aromatic carbocycles. The fourth-order valence-electron chi connectivity index (χ4n) is 4.10. The van der Waals surface area contributed by atoms with Crippen molar-refractivity contribution >= 4 is 28.3 Å². The van der Waals surface area contributed by atoms with Crippen LogP contribution in [-0.4, -0.2) is 27.8 Å². The molecular weight excluding hydrogens is 370 g/mol. The van der Waals surface area contributed by atoms with Crippen molar-refractivity contribution in [2.24, 2.45) is 0 Å². The van der Waals surface area contributed by atoms with Gasteiger partial charge in [0.2, 0.25) is 0 Å². The second kappa shape index (κ2) is 7.66. The molecule has 0 bridgehead atoms. The average molecular weight is 398 g/mol. The van der Waals surface area contributed by atoms with Crippen molar-refractivity contribution < 1.29 is 9.21 Å². The van der Waals surface area contributed by atoms with Crippen LogP contribution in [0.25, 0.3) is 11.1 Å². The highest BCUT2D eigenvalue weighted by Crippen LogP contribution is 2.34. The summed E-state index contributed by atoms with van der Waals surface area (Å²) in [6.07, 6.45) is 6.07. The van der Waals surface area contributed by atoms with Gasteiger partial charge in [0.25, 0.3) is 5.91 Å². The van der Waals surface area contributed by atoms with E-state index in [4.69, 9.17) is 4.42 Å². The normalized spacial score (nSPS) is 16.4. The molecule has 148 valence electrons. The van der Waals surface area contributed by atoms with Crippen LogP contribution in [0.1, 0.15) is 82.8 Å². The van der Waals surface area contributed by atoms with Gasteiger partial charge in [-0.2, -0.15) is 0 Å². The van der Waals surface area contributed by atoms with Gasteiger partial charge in [0.1, 0.15) is 5.52 Å². The summed E-state index contributed by atoms with van der Waals surface area (Å²) in [5.41, 5.74) is 3.13. The predicted molar refractivity (Wildman–Crippen MR) is 112 cm³/mol. The number of carbonyl (C=O) groups is 1. The first-order chi connectivity index (χ1) is 13.4. The number of nitrogens with zero attached hydrogens (tertiary/aromatic N) is 3. The van der Waals surface area contributed by atoms with Gasteiger partial charge in [0.15, 0.2) is 11.5 Å². The van der Waals surface area contributed by atoms with Crippen LogP contribution in [0.15, 0.2) is 22.6 Å². The molecule has 1 atom stereocenters. The molecular formula is C22H27N3O2S. The summed E-state index contributed by atoms with van der Waals surface area (Å²) in [7, 11) is 1.83. The Kier molecular flexibility index (Phi) is 5.23. The molecule has 1 aliphatic rings. The van der Waals surface area contributed by atoms with Crippen LogP contribution in [0.4, 0.5) is 0 Å². The van der Waals surface area contributed by atoms with Gasteiger partial charge in [0.05, 0.1) is 16.7 Å². The van der Waals surface area contributed by atoms with E-state index in [-0.39, 0.29) is 11.9 Å². The van der Waals surface area contributed by atoms with E-state index >= 15 is 0 Å². The van der Waals surface area contributed by atoms with E-state index in [1.54, 1.807) is 16.2 Å². The molecule has 4 rings (SSSR count). The number of hydrogen-bond acceptors (Lipinski definition) is 5. The molecule has 0 unspecified atom stereocenters. The molecule has 0 aliphatic heterocycles. The second-order valence-corrected chi connectivity index (χ2v) is 9.24. The fourth-order valence-corrected chi connectivity index (χ4v) is 5.00. The highest BCUT2D eigenvalue weighted by atomic mass is 32.1. The first-order valence-corrected chi connectivity index (χ1v) is 10.9. The topological polar surface area (TPSA) is 59.2 Å². The monoisotopic (exact) mass is 397 g/mol. The first-order valence-electron chi connectivity index (χ1n) is 10.1. The van der Waals surface area contributed by atoms with Crippen LogP contribution in [0.3, 0.4) is 0 Å². The molecule has 28 heavy (non-hydrogen) atoms. The fraction of sp³-hybridized carbons (Fsp3) is 0.500. The summed E-state index contributed by atoms with van der Waals surface area (Å²) in [4.78, 5) is 25.3. The minimum absolute atomic E-state index is 0.0323. The van der Waals surface area contributed by atoms with Gasteiger partial charge in [-0.25, -0.2) is 9.97 Å². The molecule has 2 aromatic heterocycles. The molecule has 3 aromatic rings. The zero-order valence-corrected chi connectivity index (χ0v) is 17.8. The average Bonchev–Trinajstić information content (AvgIpc) is 3.28. The van der Waals surface area contributed by atoms with Crippen molar-refractivity contribution in [1.29, 1.82) is 0 Å². The Hall–Kier alpha value is -2.21. The van der Waals surface area contributed by atoms with Gasteiger partial charge < -0.3 is 9.32 Å². The van der Waals surface area contributed by atoms with E-state index < -0.39 is 0 Å². The van der Waals surface area contributed by atoms with Crippen molar-refractivity contribution in [3.05, 3.63) is 45.2 Å². The predicted octanol–water partition coefficient (Wildman–Crippen LogP) is 5.78. The number of thiazole rings is 1. The van der Waals surface area contributed by atoms with Crippen LogP contribution in [0.5, 0.6) is 0 Å². The molecule has 2 heterocycles. The Bertz CT molecular complexity index is 1000. The molecule has 6 heteroatoms. The smallest absolute Gasteiger partial charge is 0.254 e. The summed E-state index contributed by atoms with van der Waals surface area (Å²) in [5, 5.41) is 1.03. The van der Waals surface area contributed by atoms with Crippen LogP contribution in [-0.2, 0) is 0 Å². The Morgan fingerprint density at radius 3 is 2.64 bits per heavy atom. The molecule has 5 nitrogen and oxygen atoms in total. The molecule has 1 aliphatic carbocycles. The number of oxazole rings is 1. The lowest BCUT2D eigenvalue weighted by atomic mass is 9.89. The Morgan fingerprint density at radius 1 is 1.21 bits per heavy atom. The zero-order valence-electron chi connectivity index (χ0n) is 17.0. The van der Waals surface area contributed by atoms with Gasteiger partial charge in [-0.05, 0) is 51.8 Å². The molecule has 0 N–H and O–H groups in total. The van der Waals surface area contributed by atoms with Gasteiger partial charge in [-0.1, -0.05) is 19.3 Å². The van der Waals surface area contributed by atoms with Crippen molar-refractivity contribution in [2.45, 2.75) is 64.8 Å². The lowest BCUT2D eigenvalue weighted by Gasteiger charge is -2.24. The second-order valence-electron chi connectivity index (χ2n) is 7.84. The van der Waals surface area contributed by atoms with Crippen molar-refractivity contribution in [1.82, 2.24) is 14.9 Å². The quantitative estimate of drug-likeness (QED) is 0.560. The Morgan fingerprint density at radius 2 is 1.96 bits per heavy atom. The third-order valence-electron chi connectivity index (χ3n) is 5.84. The summed E-state index contributed by atoms with van der Waals surface area (Å²) >= 11 is 1.67. The van der Waals surface area contributed by atoms with Gasteiger partial charge in [0, 0.05) is 23.4 Å². The molecule has 1 saturated carbocycles. The van der Waals surface area contributed by atoms with Gasteiger partial charge in [-0.15, -0.1) is 11.3 Å². The third kappa shape index (κ3) is 3.58. The van der Waals surface area contributed by atoms with E-state index in [0.29, 0.717) is 17.1 Å². The third-order valence-corrected chi connectivity index (χ3v) is 6.74. The number of hydrogen-bond donors (Lipinski definition) is 0. The number of amides is 1.